The minimum Gasteiger partial charge on any atom is -0.494 e. The molecule has 0 saturated carbocycles. The number of halogens is 3. The van der Waals surface area contributed by atoms with Crippen molar-refractivity contribution in [1.82, 2.24) is 0 Å². The molecule has 0 heterocycles. The maximum atomic E-state index is 13.5. The average Bonchev–Trinajstić information content (AvgIpc) is 2.42. The summed E-state index contributed by atoms with van der Waals surface area (Å²) in [7, 11) is 0. The summed E-state index contributed by atoms with van der Waals surface area (Å²) in [5, 5.41) is 2.94. The van der Waals surface area contributed by atoms with Crippen LogP contribution >= 0.6 is 0 Å². The van der Waals surface area contributed by atoms with E-state index in [1.165, 1.54) is 0 Å². The molecule has 0 spiro atoms. The average molecular weight is 281 g/mol. The zero-order chi connectivity index (χ0) is 14.5. The van der Waals surface area contributed by atoms with Crippen molar-refractivity contribution in [2.24, 2.45) is 0 Å². The maximum Gasteiger partial charge on any atom is 0.161 e. The Hall–Kier alpha value is -2.17. The fourth-order valence-corrected chi connectivity index (χ4v) is 1.76. The van der Waals surface area contributed by atoms with Gasteiger partial charge in [-0.05, 0) is 25.1 Å². The molecule has 0 radical (unpaired) electrons. The van der Waals surface area contributed by atoms with Crippen molar-refractivity contribution in [2.45, 2.75) is 13.5 Å². The van der Waals surface area contributed by atoms with Crippen LogP contribution in [-0.2, 0) is 6.54 Å². The molecule has 5 heteroatoms. The normalized spacial score (nSPS) is 10.4. The highest BCUT2D eigenvalue weighted by Crippen LogP contribution is 2.19. The van der Waals surface area contributed by atoms with Crippen LogP contribution in [0.2, 0.25) is 0 Å². The van der Waals surface area contributed by atoms with Crippen LogP contribution in [0.3, 0.4) is 0 Å². The van der Waals surface area contributed by atoms with Crippen LogP contribution in [0, 0.1) is 17.5 Å². The molecule has 0 fully saturated rings. The number of hydrogen-bond donors (Lipinski definition) is 1. The highest BCUT2D eigenvalue weighted by atomic mass is 19.2. The van der Waals surface area contributed by atoms with Crippen molar-refractivity contribution in [2.75, 3.05) is 11.9 Å². The minimum atomic E-state index is -1.19. The fraction of sp³-hybridized carbons (Fsp3) is 0.200. The molecule has 0 aliphatic carbocycles. The first kappa shape index (κ1) is 14.2. The van der Waals surface area contributed by atoms with Crippen LogP contribution in [0.25, 0.3) is 0 Å². The molecule has 0 aliphatic heterocycles. The predicted octanol–water partition coefficient (Wildman–Crippen LogP) is 4.11. The Labute approximate surface area is 115 Å². The lowest BCUT2D eigenvalue weighted by Crippen LogP contribution is -2.04. The molecule has 2 rings (SSSR count). The SMILES string of the molecule is CCOc1cccc(NCc2cc(F)c(F)cc2F)c1. The molecule has 0 atom stereocenters. The zero-order valence-corrected chi connectivity index (χ0v) is 10.9. The monoisotopic (exact) mass is 281 g/mol. The third kappa shape index (κ3) is 3.44. The molecule has 20 heavy (non-hydrogen) atoms. The van der Waals surface area contributed by atoms with E-state index in [4.69, 9.17) is 4.74 Å². The second-order valence-electron chi connectivity index (χ2n) is 4.17. The number of rotatable bonds is 5. The van der Waals surface area contributed by atoms with Crippen molar-refractivity contribution in [1.29, 1.82) is 0 Å². The van der Waals surface area contributed by atoms with Crippen LogP contribution < -0.4 is 10.1 Å². The predicted molar refractivity (Wildman–Crippen MR) is 71.3 cm³/mol. The van der Waals surface area contributed by atoms with Gasteiger partial charge in [0.1, 0.15) is 11.6 Å². The summed E-state index contributed by atoms with van der Waals surface area (Å²) in [6, 6.07) is 8.51. The van der Waals surface area contributed by atoms with Crippen LogP contribution in [0.4, 0.5) is 18.9 Å². The van der Waals surface area contributed by atoms with E-state index >= 15 is 0 Å². The van der Waals surface area contributed by atoms with Gasteiger partial charge in [0.2, 0.25) is 0 Å². The van der Waals surface area contributed by atoms with Crippen molar-refractivity contribution in [3.8, 4) is 5.75 Å². The summed E-state index contributed by atoms with van der Waals surface area (Å²) >= 11 is 0. The number of hydrogen-bond acceptors (Lipinski definition) is 2. The summed E-state index contributed by atoms with van der Waals surface area (Å²) in [5.41, 5.74) is 0.769. The summed E-state index contributed by atoms with van der Waals surface area (Å²) in [5.74, 6) is -2.35. The summed E-state index contributed by atoms with van der Waals surface area (Å²) in [4.78, 5) is 0. The molecule has 1 N–H and O–H groups in total. The van der Waals surface area contributed by atoms with Crippen molar-refractivity contribution >= 4 is 5.69 Å². The molecular formula is C15H14F3NO. The molecule has 0 aliphatic rings. The van der Waals surface area contributed by atoms with Crippen LogP contribution in [0.15, 0.2) is 36.4 Å². The smallest absolute Gasteiger partial charge is 0.161 e. The van der Waals surface area contributed by atoms with Crippen molar-refractivity contribution in [3.63, 3.8) is 0 Å². The van der Waals surface area contributed by atoms with Gasteiger partial charge in [-0.2, -0.15) is 0 Å². The lowest BCUT2D eigenvalue weighted by Gasteiger charge is -2.10. The van der Waals surface area contributed by atoms with Crippen LogP contribution in [0.1, 0.15) is 12.5 Å². The van der Waals surface area contributed by atoms with Gasteiger partial charge in [0.15, 0.2) is 11.6 Å². The second-order valence-corrected chi connectivity index (χ2v) is 4.17. The first-order valence-electron chi connectivity index (χ1n) is 6.20. The lowest BCUT2D eigenvalue weighted by atomic mass is 10.2. The van der Waals surface area contributed by atoms with E-state index in [0.29, 0.717) is 24.1 Å². The summed E-state index contributed by atoms with van der Waals surface area (Å²) in [6.07, 6.45) is 0. The van der Waals surface area contributed by atoms with E-state index in [2.05, 4.69) is 5.32 Å². The highest BCUT2D eigenvalue weighted by Gasteiger charge is 2.09. The molecule has 2 aromatic carbocycles. The highest BCUT2D eigenvalue weighted by molar-refractivity contribution is 5.48. The Bertz CT molecular complexity index is 602. The van der Waals surface area contributed by atoms with Gasteiger partial charge >= 0.3 is 0 Å². The molecule has 0 bridgehead atoms. The molecular weight excluding hydrogens is 267 g/mol. The molecule has 2 nitrogen and oxygen atoms in total. The van der Waals surface area contributed by atoms with Crippen LogP contribution in [-0.4, -0.2) is 6.61 Å². The Morgan fingerprint density at radius 2 is 1.75 bits per heavy atom. The van der Waals surface area contributed by atoms with E-state index in [9.17, 15) is 13.2 Å². The number of nitrogens with one attached hydrogen (secondary N) is 1. The standard InChI is InChI=1S/C15H14F3NO/c1-2-20-12-5-3-4-11(7-12)19-9-10-6-14(17)15(18)8-13(10)16/h3-8,19H,2,9H2,1H3. The van der Waals surface area contributed by atoms with Gasteiger partial charge in [0, 0.05) is 29.9 Å². The third-order valence-corrected chi connectivity index (χ3v) is 2.72. The lowest BCUT2D eigenvalue weighted by molar-refractivity contribution is 0.340. The van der Waals surface area contributed by atoms with Gasteiger partial charge in [-0.25, -0.2) is 13.2 Å². The van der Waals surface area contributed by atoms with Crippen molar-refractivity contribution < 1.29 is 17.9 Å². The number of benzene rings is 2. The van der Waals surface area contributed by atoms with Gasteiger partial charge in [-0.1, -0.05) is 6.07 Å². The topological polar surface area (TPSA) is 21.3 Å². The number of anilines is 1. The van der Waals surface area contributed by atoms with E-state index in [0.717, 1.165) is 6.07 Å². The van der Waals surface area contributed by atoms with Crippen LogP contribution in [0.5, 0.6) is 5.75 Å². The van der Waals surface area contributed by atoms with Crippen molar-refractivity contribution in [3.05, 3.63) is 59.4 Å². The van der Waals surface area contributed by atoms with E-state index in [-0.39, 0.29) is 12.1 Å². The molecule has 106 valence electrons. The van der Waals surface area contributed by atoms with Gasteiger partial charge in [-0.15, -0.1) is 0 Å². The largest absolute Gasteiger partial charge is 0.494 e. The molecule has 0 aromatic heterocycles. The van der Waals surface area contributed by atoms with Gasteiger partial charge < -0.3 is 10.1 Å². The Morgan fingerprint density at radius 3 is 2.50 bits per heavy atom. The summed E-state index contributed by atoms with van der Waals surface area (Å²) < 4.78 is 44.7. The van der Waals surface area contributed by atoms with E-state index in [1.54, 1.807) is 24.3 Å². The first-order valence-corrected chi connectivity index (χ1v) is 6.20. The fourth-order valence-electron chi connectivity index (χ4n) is 1.76. The second kappa shape index (κ2) is 6.32. The number of ether oxygens (including phenoxy) is 1. The Balaban J connectivity index is 2.08. The quantitative estimate of drug-likeness (QED) is 0.833. The maximum absolute atomic E-state index is 13.5. The zero-order valence-electron chi connectivity index (χ0n) is 10.9. The minimum absolute atomic E-state index is 0.0542. The Morgan fingerprint density at radius 1 is 1.00 bits per heavy atom. The Kier molecular flexibility index (Phi) is 4.50. The van der Waals surface area contributed by atoms with Gasteiger partial charge in [-0.3, -0.25) is 0 Å². The molecule has 0 amide bonds. The molecule has 0 saturated heterocycles. The third-order valence-electron chi connectivity index (χ3n) is 2.72. The van der Waals surface area contributed by atoms with Gasteiger partial charge in [0.05, 0.1) is 6.61 Å². The van der Waals surface area contributed by atoms with E-state index in [1.807, 2.05) is 6.92 Å². The first-order chi connectivity index (χ1) is 9.60. The molecule has 2 aromatic rings. The van der Waals surface area contributed by atoms with E-state index < -0.39 is 17.5 Å². The van der Waals surface area contributed by atoms with Gasteiger partial charge in [0.25, 0.3) is 0 Å². The summed E-state index contributed by atoms with van der Waals surface area (Å²) in [6.45, 7) is 2.47. The molecule has 0 unspecified atom stereocenters.